The van der Waals surface area contributed by atoms with Gasteiger partial charge in [-0.3, -0.25) is 0 Å². The van der Waals surface area contributed by atoms with Gasteiger partial charge in [0.05, 0.1) is 16.7 Å². The first kappa shape index (κ1) is 42.6. The van der Waals surface area contributed by atoms with Crippen molar-refractivity contribution in [3.05, 3.63) is 222 Å². The first-order valence-electron chi connectivity index (χ1n) is 24.6. The Morgan fingerprint density at radius 2 is 0.930 bits per heavy atom. The molecule has 0 radical (unpaired) electrons. The molecule has 1 aliphatic rings. The fraction of sp³-hybridized carbons (Fsp3) is 0.138. The summed E-state index contributed by atoms with van der Waals surface area (Å²) in [5.74, 6) is 1.43. The third-order valence-corrected chi connectivity index (χ3v) is 14.4. The van der Waals surface area contributed by atoms with Gasteiger partial charge in [0.25, 0.3) is 0 Å². The number of fused-ring (bicyclic) bond motifs is 9. The third kappa shape index (κ3) is 7.16. The lowest BCUT2D eigenvalue weighted by Gasteiger charge is -2.26. The van der Waals surface area contributed by atoms with Crippen molar-refractivity contribution in [2.75, 3.05) is 0 Å². The van der Waals surface area contributed by atoms with Crippen LogP contribution in [0.5, 0.6) is 0 Å². The summed E-state index contributed by atoms with van der Waals surface area (Å²) >= 11 is 0. The standard InChI is InChI=1S/C65H52N4O2/c1-64(2,3)43-29-31-53-50(37-43)51-38-44(65(4,5)6)30-32-54(51)69(53)60-48(39-18-9-7-10-19-39)35-42(36-49(60)40-20-11-8-12-21-40)62-66-61(41-28-33-57-52(34-41)45-22-13-15-25-55(45)70-57)67-63(68-62)47-24-17-27-58-59(47)46-23-14-16-26-56(46)71-58/h7-38,62H,1-6H3,(H,66,67,68). The summed E-state index contributed by atoms with van der Waals surface area (Å²) in [6.07, 6.45) is -0.632. The number of nitrogens with one attached hydrogen (secondary N) is 1. The van der Waals surface area contributed by atoms with Crippen LogP contribution in [0.25, 0.3) is 93.6 Å². The van der Waals surface area contributed by atoms with E-state index in [2.05, 4.69) is 209 Å². The molecule has 0 saturated heterocycles. The van der Waals surface area contributed by atoms with Crippen molar-refractivity contribution in [2.24, 2.45) is 9.98 Å². The molecular formula is C65H52N4O2. The quantitative estimate of drug-likeness (QED) is 0.181. The summed E-state index contributed by atoms with van der Waals surface area (Å²) in [5, 5.41) is 10.4. The van der Waals surface area contributed by atoms with Gasteiger partial charge in [0, 0.05) is 54.6 Å². The number of para-hydroxylation sites is 2. The van der Waals surface area contributed by atoms with E-state index >= 15 is 0 Å². The molecule has 4 heterocycles. The number of amidine groups is 2. The highest BCUT2D eigenvalue weighted by Gasteiger charge is 2.29. The number of nitrogens with zero attached hydrogens (tertiary/aromatic N) is 3. The third-order valence-electron chi connectivity index (χ3n) is 14.4. The molecule has 0 bridgehead atoms. The zero-order valence-electron chi connectivity index (χ0n) is 40.7. The van der Waals surface area contributed by atoms with E-state index in [9.17, 15) is 0 Å². The fourth-order valence-electron chi connectivity index (χ4n) is 10.6. The predicted molar refractivity (Wildman–Crippen MR) is 295 cm³/mol. The Hall–Kier alpha value is -8.48. The zero-order valence-corrected chi connectivity index (χ0v) is 40.7. The van der Waals surface area contributed by atoms with Crippen LogP contribution in [0.3, 0.4) is 0 Å². The highest BCUT2D eigenvalue weighted by molar-refractivity contribution is 6.24. The largest absolute Gasteiger partial charge is 0.456 e. The van der Waals surface area contributed by atoms with Crippen LogP contribution >= 0.6 is 0 Å². The molecule has 1 atom stereocenters. The van der Waals surface area contributed by atoms with Gasteiger partial charge in [-0.2, -0.15) is 0 Å². The Labute approximate surface area is 412 Å². The van der Waals surface area contributed by atoms with E-state index in [-0.39, 0.29) is 10.8 Å². The van der Waals surface area contributed by atoms with Crippen molar-refractivity contribution >= 4 is 77.4 Å². The maximum absolute atomic E-state index is 6.45. The minimum atomic E-state index is -0.632. The van der Waals surface area contributed by atoms with E-state index in [1.807, 2.05) is 36.4 Å². The molecule has 3 aromatic heterocycles. The Kier molecular flexibility index (Phi) is 9.63. The molecule has 1 unspecified atom stereocenters. The van der Waals surface area contributed by atoms with Crippen LogP contribution in [0.15, 0.2) is 213 Å². The van der Waals surface area contributed by atoms with Gasteiger partial charge in [-0.25, -0.2) is 9.98 Å². The predicted octanol–water partition coefficient (Wildman–Crippen LogP) is 17.0. The summed E-state index contributed by atoms with van der Waals surface area (Å²) in [6, 6.07) is 69.4. The van der Waals surface area contributed by atoms with Crippen LogP contribution < -0.4 is 5.32 Å². The minimum Gasteiger partial charge on any atom is -0.456 e. The molecule has 6 heteroatoms. The van der Waals surface area contributed by atoms with E-state index in [0.29, 0.717) is 5.84 Å². The molecule has 0 saturated carbocycles. The second-order valence-corrected chi connectivity index (χ2v) is 21.0. The Balaban J connectivity index is 1.10. The van der Waals surface area contributed by atoms with Crippen molar-refractivity contribution in [3.63, 3.8) is 0 Å². The lowest BCUT2D eigenvalue weighted by molar-refractivity contribution is 0.590. The molecule has 6 nitrogen and oxygen atoms in total. The van der Waals surface area contributed by atoms with Gasteiger partial charge in [-0.15, -0.1) is 0 Å². The normalized spacial score (nSPS) is 14.5. The number of rotatable bonds is 6. The van der Waals surface area contributed by atoms with E-state index in [4.69, 9.17) is 18.8 Å². The second-order valence-electron chi connectivity index (χ2n) is 21.0. The molecule has 0 fully saturated rings. The van der Waals surface area contributed by atoms with Crippen molar-refractivity contribution in [2.45, 2.75) is 58.5 Å². The summed E-state index contributed by atoms with van der Waals surface area (Å²) < 4.78 is 15.3. The summed E-state index contributed by atoms with van der Waals surface area (Å²) in [5.41, 5.74) is 16.5. The maximum atomic E-state index is 6.45. The molecule has 9 aromatic carbocycles. The average molecular weight is 921 g/mol. The molecule has 0 amide bonds. The summed E-state index contributed by atoms with van der Waals surface area (Å²) in [4.78, 5) is 11.2. The van der Waals surface area contributed by atoms with Gasteiger partial charge in [-0.05, 0) is 111 Å². The van der Waals surface area contributed by atoms with Gasteiger partial charge in [0.15, 0.2) is 6.17 Å². The average Bonchev–Trinajstić information content (AvgIpc) is 4.07. The van der Waals surface area contributed by atoms with E-state index < -0.39 is 6.17 Å². The molecular weight excluding hydrogens is 869 g/mol. The van der Waals surface area contributed by atoms with Crippen molar-refractivity contribution in [1.29, 1.82) is 0 Å². The number of hydrogen-bond acceptors (Lipinski definition) is 5. The molecule has 344 valence electrons. The Morgan fingerprint density at radius 3 is 1.55 bits per heavy atom. The van der Waals surface area contributed by atoms with E-state index in [1.54, 1.807) is 0 Å². The Morgan fingerprint density at radius 1 is 0.408 bits per heavy atom. The fourth-order valence-corrected chi connectivity index (χ4v) is 10.6. The molecule has 13 rings (SSSR count). The first-order chi connectivity index (χ1) is 34.4. The number of aromatic nitrogens is 1. The van der Waals surface area contributed by atoms with Gasteiger partial charge in [0.1, 0.15) is 34.0 Å². The van der Waals surface area contributed by atoms with Crippen LogP contribution in [0.4, 0.5) is 0 Å². The summed E-state index contributed by atoms with van der Waals surface area (Å²) in [6.45, 7) is 13.8. The lowest BCUT2D eigenvalue weighted by atomic mass is 9.85. The monoisotopic (exact) mass is 920 g/mol. The van der Waals surface area contributed by atoms with Gasteiger partial charge < -0.3 is 18.7 Å². The van der Waals surface area contributed by atoms with Crippen molar-refractivity contribution < 1.29 is 8.83 Å². The van der Waals surface area contributed by atoms with Crippen LogP contribution in [-0.2, 0) is 10.8 Å². The molecule has 71 heavy (non-hydrogen) atoms. The van der Waals surface area contributed by atoms with E-state index in [1.165, 1.54) is 21.9 Å². The molecule has 1 aliphatic heterocycles. The van der Waals surface area contributed by atoms with E-state index in [0.717, 1.165) is 105 Å². The number of aliphatic imine (C=N–C) groups is 2. The van der Waals surface area contributed by atoms with Crippen LogP contribution in [0, 0.1) is 0 Å². The molecule has 0 spiro atoms. The number of hydrogen-bond donors (Lipinski definition) is 1. The molecule has 12 aromatic rings. The van der Waals surface area contributed by atoms with Gasteiger partial charge >= 0.3 is 0 Å². The van der Waals surface area contributed by atoms with Crippen LogP contribution in [-0.4, -0.2) is 16.2 Å². The highest BCUT2D eigenvalue weighted by Crippen LogP contribution is 2.46. The van der Waals surface area contributed by atoms with Gasteiger partial charge in [-0.1, -0.05) is 163 Å². The zero-order chi connectivity index (χ0) is 48.2. The maximum Gasteiger partial charge on any atom is 0.169 e. The van der Waals surface area contributed by atoms with Crippen LogP contribution in [0.1, 0.15) is 75.5 Å². The molecule has 0 aliphatic carbocycles. The number of benzene rings is 9. The minimum absolute atomic E-state index is 0.0296. The smallest absolute Gasteiger partial charge is 0.169 e. The first-order valence-corrected chi connectivity index (χ1v) is 24.6. The topological polar surface area (TPSA) is 68.0 Å². The summed E-state index contributed by atoms with van der Waals surface area (Å²) in [7, 11) is 0. The highest BCUT2D eigenvalue weighted by atomic mass is 16.3. The molecule has 1 N–H and O–H groups in total. The lowest BCUT2D eigenvalue weighted by Crippen LogP contribution is -2.36. The second kappa shape index (κ2) is 16.0. The van der Waals surface area contributed by atoms with Crippen molar-refractivity contribution in [3.8, 4) is 27.9 Å². The van der Waals surface area contributed by atoms with Gasteiger partial charge in [0.2, 0.25) is 0 Å². The van der Waals surface area contributed by atoms with Crippen molar-refractivity contribution in [1.82, 2.24) is 9.88 Å². The van der Waals surface area contributed by atoms with Crippen LogP contribution in [0.2, 0.25) is 0 Å². The Bertz CT molecular complexity index is 4020. The number of furan rings is 2. The SMILES string of the molecule is CC(C)(C)c1ccc2c(c1)c1cc(C(C)(C)C)ccc1n2-c1c(-c2ccccc2)cc(C2N=C(c3ccc4oc5ccccc5c4c3)NC(c3cccc4oc5ccccc5c34)=N2)cc1-c1ccccc1.